The van der Waals surface area contributed by atoms with Gasteiger partial charge in [0.1, 0.15) is 13.2 Å². The monoisotopic (exact) mass is 920 g/mol. The summed E-state index contributed by atoms with van der Waals surface area (Å²) in [6, 6.07) is 0. The number of esters is 2. The minimum Gasteiger partial charge on any atom is -0.545 e. The van der Waals surface area contributed by atoms with Gasteiger partial charge in [0, 0.05) is 12.8 Å². The molecule has 0 aliphatic carbocycles. The molecule has 2 atom stereocenters. The van der Waals surface area contributed by atoms with Crippen molar-refractivity contribution >= 4 is 17.9 Å². The van der Waals surface area contributed by atoms with Gasteiger partial charge in [-0.25, -0.2) is 0 Å². The van der Waals surface area contributed by atoms with E-state index >= 15 is 0 Å². The topological polar surface area (TPSA) is 111 Å². The van der Waals surface area contributed by atoms with E-state index in [0.29, 0.717) is 23.9 Å². The molecule has 0 aliphatic heterocycles. The van der Waals surface area contributed by atoms with Gasteiger partial charge >= 0.3 is 11.9 Å². The SMILES string of the molecule is CCCCCCC/C=C\C/C=C\CCCCCCCCCCCCCCCC(=O)OC(COC(=O)CCCCCCCCCCCCCCCCC)COC(OCC[N+](C)(C)C)C(=O)[O-]. The molecule has 0 N–H and O–H groups in total. The molecule has 0 aromatic heterocycles. The third-order valence-corrected chi connectivity index (χ3v) is 12.2. The number of hydrogen-bond acceptors (Lipinski definition) is 8. The first-order valence-corrected chi connectivity index (χ1v) is 27.5. The zero-order valence-electron chi connectivity index (χ0n) is 43.4. The van der Waals surface area contributed by atoms with Crippen LogP contribution < -0.4 is 5.11 Å². The summed E-state index contributed by atoms with van der Waals surface area (Å²) in [5.74, 6) is -2.27. The van der Waals surface area contributed by atoms with Gasteiger partial charge in [-0.3, -0.25) is 9.59 Å². The Kier molecular flexibility index (Phi) is 46.6. The minimum absolute atomic E-state index is 0.150. The van der Waals surface area contributed by atoms with E-state index in [4.69, 9.17) is 18.9 Å². The van der Waals surface area contributed by atoms with E-state index in [1.807, 2.05) is 21.1 Å². The Hall–Kier alpha value is -2.23. The zero-order chi connectivity index (χ0) is 47.7. The maximum atomic E-state index is 12.8. The number of allylic oxidation sites excluding steroid dienone is 4. The second-order valence-corrected chi connectivity index (χ2v) is 19.9. The van der Waals surface area contributed by atoms with Crippen molar-refractivity contribution in [2.24, 2.45) is 0 Å². The number of nitrogens with zero attached hydrogens (tertiary/aromatic N) is 1. The Morgan fingerprint density at radius 3 is 1.22 bits per heavy atom. The second kappa shape index (κ2) is 48.2. The molecule has 382 valence electrons. The quantitative estimate of drug-likeness (QED) is 0.0195. The van der Waals surface area contributed by atoms with E-state index < -0.39 is 24.3 Å². The highest BCUT2D eigenvalue weighted by Gasteiger charge is 2.22. The zero-order valence-corrected chi connectivity index (χ0v) is 43.4. The molecular formula is C56H105NO8. The van der Waals surface area contributed by atoms with Gasteiger partial charge in [-0.2, -0.15) is 0 Å². The Balaban J connectivity index is 4.23. The fraction of sp³-hybridized carbons (Fsp3) is 0.875. The molecular weight excluding hydrogens is 815 g/mol. The molecule has 0 aromatic rings. The third kappa shape index (κ3) is 49.5. The molecule has 0 bridgehead atoms. The first kappa shape index (κ1) is 62.8. The molecule has 0 radical (unpaired) electrons. The Morgan fingerprint density at radius 2 is 0.831 bits per heavy atom. The number of unbranched alkanes of at least 4 members (excludes halogenated alkanes) is 32. The van der Waals surface area contributed by atoms with Crippen molar-refractivity contribution in [3.8, 4) is 0 Å². The van der Waals surface area contributed by atoms with Gasteiger partial charge in [-0.15, -0.1) is 0 Å². The van der Waals surface area contributed by atoms with Crippen molar-refractivity contribution in [2.45, 2.75) is 270 Å². The van der Waals surface area contributed by atoms with Crippen LogP contribution in [0, 0.1) is 0 Å². The standard InChI is InChI=1S/C56H105NO8/c1-6-8-10-12-14-16-18-20-22-23-24-25-26-27-28-29-30-31-33-35-37-39-41-43-45-47-54(59)65-52(51-64-56(55(60)61)62-49-48-57(3,4)5)50-63-53(58)46-44-42-40-38-36-34-32-21-19-17-15-13-11-9-7-2/h18,20,23-24,52,56H,6-17,19,21-22,25-51H2,1-5H3/b20-18-,24-23-. The summed E-state index contributed by atoms with van der Waals surface area (Å²) < 4.78 is 22.7. The van der Waals surface area contributed by atoms with Crippen molar-refractivity contribution in [1.29, 1.82) is 0 Å². The number of carbonyl (C=O) groups excluding carboxylic acids is 3. The number of rotatable bonds is 51. The lowest BCUT2D eigenvalue weighted by atomic mass is 10.0. The average molecular weight is 920 g/mol. The van der Waals surface area contributed by atoms with E-state index in [2.05, 4.69) is 38.2 Å². The summed E-state index contributed by atoms with van der Waals surface area (Å²) in [6.45, 7) is 4.77. The first-order chi connectivity index (χ1) is 31.6. The van der Waals surface area contributed by atoms with Crippen LogP contribution in [0.3, 0.4) is 0 Å². The fourth-order valence-corrected chi connectivity index (χ4v) is 7.92. The van der Waals surface area contributed by atoms with Gasteiger partial charge < -0.3 is 33.3 Å². The van der Waals surface area contributed by atoms with Crippen LogP contribution in [0.1, 0.15) is 258 Å². The first-order valence-electron chi connectivity index (χ1n) is 27.5. The Labute approximate surface area is 401 Å². The highest BCUT2D eigenvalue weighted by atomic mass is 16.7. The minimum atomic E-state index is -1.62. The molecule has 2 unspecified atom stereocenters. The van der Waals surface area contributed by atoms with Gasteiger partial charge in [0.15, 0.2) is 12.4 Å². The van der Waals surface area contributed by atoms with Crippen molar-refractivity contribution in [3.05, 3.63) is 24.3 Å². The predicted molar refractivity (Wildman–Crippen MR) is 270 cm³/mol. The number of carboxylic acid groups (broad SMARTS) is 1. The number of aliphatic carboxylic acids is 1. The summed E-state index contributed by atoms with van der Waals surface area (Å²) in [6.07, 6.45) is 52.1. The van der Waals surface area contributed by atoms with Gasteiger partial charge in [-0.1, -0.05) is 224 Å². The average Bonchev–Trinajstić information content (AvgIpc) is 3.27. The van der Waals surface area contributed by atoms with Crippen LogP contribution in [0.2, 0.25) is 0 Å². The van der Waals surface area contributed by atoms with Gasteiger partial charge in [0.2, 0.25) is 0 Å². The van der Waals surface area contributed by atoms with Crippen LogP contribution in [-0.2, 0) is 33.3 Å². The molecule has 0 amide bonds. The van der Waals surface area contributed by atoms with E-state index in [1.165, 1.54) is 186 Å². The van der Waals surface area contributed by atoms with Crippen LogP contribution >= 0.6 is 0 Å². The highest BCUT2D eigenvalue weighted by molar-refractivity contribution is 5.70. The molecule has 65 heavy (non-hydrogen) atoms. The lowest BCUT2D eigenvalue weighted by molar-refractivity contribution is -0.870. The smallest absolute Gasteiger partial charge is 0.306 e. The van der Waals surface area contributed by atoms with Crippen molar-refractivity contribution in [2.75, 3.05) is 47.5 Å². The summed E-state index contributed by atoms with van der Waals surface area (Å²) in [7, 11) is 5.92. The summed E-state index contributed by atoms with van der Waals surface area (Å²) in [5.41, 5.74) is 0. The van der Waals surface area contributed by atoms with Gasteiger partial charge in [0.25, 0.3) is 0 Å². The molecule has 0 rings (SSSR count). The Bertz CT molecular complexity index is 1120. The van der Waals surface area contributed by atoms with Crippen LogP contribution in [0.15, 0.2) is 24.3 Å². The maximum Gasteiger partial charge on any atom is 0.306 e. The van der Waals surface area contributed by atoms with Gasteiger partial charge in [0.05, 0.1) is 40.3 Å². The number of quaternary nitrogens is 1. The van der Waals surface area contributed by atoms with Crippen LogP contribution in [0.5, 0.6) is 0 Å². The fourth-order valence-electron chi connectivity index (χ4n) is 7.92. The summed E-state index contributed by atoms with van der Waals surface area (Å²) in [5, 5.41) is 11.7. The maximum absolute atomic E-state index is 12.8. The molecule has 0 saturated carbocycles. The number of carbonyl (C=O) groups is 3. The third-order valence-electron chi connectivity index (χ3n) is 12.2. The molecule has 9 heteroatoms. The molecule has 0 saturated heterocycles. The van der Waals surface area contributed by atoms with E-state index in [9.17, 15) is 19.5 Å². The summed E-state index contributed by atoms with van der Waals surface area (Å²) in [4.78, 5) is 37.2. The van der Waals surface area contributed by atoms with Crippen molar-refractivity contribution < 1.29 is 42.9 Å². The number of carboxylic acids is 1. The van der Waals surface area contributed by atoms with Crippen LogP contribution in [0.25, 0.3) is 0 Å². The van der Waals surface area contributed by atoms with E-state index in [1.54, 1.807) is 0 Å². The van der Waals surface area contributed by atoms with Crippen LogP contribution in [0.4, 0.5) is 0 Å². The molecule has 9 nitrogen and oxygen atoms in total. The largest absolute Gasteiger partial charge is 0.545 e. The second-order valence-electron chi connectivity index (χ2n) is 19.9. The summed E-state index contributed by atoms with van der Waals surface area (Å²) >= 11 is 0. The van der Waals surface area contributed by atoms with E-state index in [-0.39, 0.29) is 32.2 Å². The van der Waals surface area contributed by atoms with Crippen molar-refractivity contribution in [3.63, 3.8) is 0 Å². The van der Waals surface area contributed by atoms with E-state index in [0.717, 1.165) is 38.5 Å². The number of ether oxygens (including phenoxy) is 4. The number of likely N-dealkylation sites (N-methyl/N-ethyl adjacent to an activating group) is 1. The molecule has 0 fully saturated rings. The predicted octanol–water partition coefficient (Wildman–Crippen LogP) is 14.2. The highest BCUT2D eigenvalue weighted by Crippen LogP contribution is 2.16. The lowest BCUT2D eigenvalue weighted by Crippen LogP contribution is -2.44. The van der Waals surface area contributed by atoms with Crippen LogP contribution in [-0.4, -0.2) is 82.3 Å². The molecule has 0 aliphatic rings. The molecule has 0 spiro atoms. The lowest BCUT2D eigenvalue weighted by Gasteiger charge is -2.26. The van der Waals surface area contributed by atoms with Crippen molar-refractivity contribution in [1.82, 2.24) is 0 Å². The molecule has 0 heterocycles. The normalized spacial score (nSPS) is 12.9. The number of hydrogen-bond donors (Lipinski definition) is 0. The Morgan fingerprint density at radius 1 is 0.462 bits per heavy atom. The molecule has 0 aromatic carbocycles. The van der Waals surface area contributed by atoms with Gasteiger partial charge in [-0.05, 0) is 44.9 Å².